The molecule has 2 atom stereocenters. The first kappa shape index (κ1) is 16.5. The molecule has 0 N–H and O–H groups in total. The van der Waals surface area contributed by atoms with E-state index >= 15 is 0 Å². The number of hydrogen-bond donors (Lipinski definition) is 0. The second kappa shape index (κ2) is 5.74. The number of hydrogen-bond acceptors (Lipinski definition) is 1. The molecule has 0 saturated carbocycles. The predicted molar refractivity (Wildman–Crippen MR) is 70.0 cm³/mol. The van der Waals surface area contributed by atoms with Gasteiger partial charge in [-0.25, -0.2) is 26.3 Å². The molecule has 0 fully saturated rings. The average molecular weight is 319 g/mol. The first-order valence-corrected chi connectivity index (χ1v) is 6.16. The van der Waals surface area contributed by atoms with Crippen molar-refractivity contribution in [1.29, 1.82) is 0 Å². The molecule has 22 heavy (non-hydrogen) atoms. The van der Waals surface area contributed by atoms with Crippen LogP contribution in [-0.4, -0.2) is 26.2 Å². The summed E-state index contributed by atoms with van der Waals surface area (Å²) < 4.78 is 86.3. The van der Waals surface area contributed by atoms with E-state index in [9.17, 15) is 26.3 Å². The van der Waals surface area contributed by atoms with E-state index in [1.54, 1.807) is 0 Å². The number of allylic oxidation sites excluding steroid dienone is 4. The fourth-order valence-corrected chi connectivity index (χ4v) is 2.09. The van der Waals surface area contributed by atoms with Crippen molar-refractivity contribution in [3.05, 3.63) is 47.0 Å². The lowest BCUT2D eigenvalue weighted by Gasteiger charge is -2.26. The zero-order valence-electron chi connectivity index (χ0n) is 11.6. The van der Waals surface area contributed by atoms with Crippen molar-refractivity contribution in [1.82, 2.24) is 0 Å². The molecule has 0 spiro atoms. The minimum atomic E-state index is -2.84. The molecule has 1 aliphatic carbocycles. The van der Waals surface area contributed by atoms with Crippen molar-refractivity contribution < 1.29 is 31.1 Å². The van der Waals surface area contributed by atoms with Crippen LogP contribution in [0, 0.1) is 11.6 Å². The molecule has 1 aliphatic rings. The van der Waals surface area contributed by atoms with Gasteiger partial charge in [0.25, 0.3) is 0 Å². The van der Waals surface area contributed by atoms with Crippen LogP contribution in [-0.2, 0) is 0 Å². The van der Waals surface area contributed by atoms with E-state index in [1.165, 1.54) is 0 Å². The van der Waals surface area contributed by atoms with Gasteiger partial charge >= 0.3 is 0 Å². The fraction of sp³-hybridized carbons (Fsp3) is 0.286. The third-order valence-electron chi connectivity index (χ3n) is 3.18. The highest BCUT2D eigenvalue weighted by molar-refractivity contribution is 6.63. The van der Waals surface area contributed by atoms with Crippen LogP contribution in [0.1, 0.15) is 6.92 Å². The minimum Gasteiger partial charge on any atom is -0.494 e. The van der Waals surface area contributed by atoms with Crippen LogP contribution < -0.4 is 10.2 Å². The molecule has 0 aliphatic heterocycles. The SMILES string of the molecule is COc1c(F)cc(F)cc1[B]C1=C(F)C(F)C(C)(F)C=C1F. The highest BCUT2D eigenvalue weighted by atomic mass is 19.2. The molecule has 0 heterocycles. The number of benzene rings is 1. The molecule has 1 aromatic carbocycles. The Balaban J connectivity index is 2.47. The van der Waals surface area contributed by atoms with Crippen LogP contribution in [0.2, 0.25) is 0 Å². The highest BCUT2D eigenvalue weighted by Gasteiger charge is 2.42. The van der Waals surface area contributed by atoms with Crippen LogP contribution in [0.15, 0.2) is 35.3 Å². The van der Waals surface area contributed by atoms with Gasteiger partial charge in [-0.05, 0) is 30.0 Å². The number of methoxy groups -OCH3 is 1. The molecule has 0 bridgehead atoms. The molecule has 117 valence electrons. The molecule has 2 unspecified atom stereocenters. The molecule has 0 saturated heterocycles. The molecule has 1 nitrogen and oxygen atoms in total. The number of ether oxygens (including phenoxy) is 1. The van der Waals surface area contributed by atoms with Gasteiger partial charge in [-0.3, -0.25) is 0 Å². The van der Waals surface area contributed by atoms with Crippen LogP contribution in [0.4, 0.5) is 26.3 Å². The van der Waals surface area contributed by atoms with Crippen molar-refractivity contribution in [3.8, 4) is 5.75 Å². The molecular weight excluding hydrogens is 309 g/mol. The summed E-state index contributed by atoms with van der Waals surface area (Å²) in [6, 6.07) is 1.27. The smallest absolute Gasteiger partial charge is 0.204 e. The summed E-state index contributed by atoms with van der Waals surface area (Å²) >= 11 is 0. The van der Waals surface area contributed by atoms with Gasteiger partial charge in [0.15, 0.2) is 17.7 Å². The molecule has 1 radical (unpaired) electrons. The largest absolute Gasteiger partial charge is 0.494 e. The van der Waals surface area contributed by atoms with E-state index < -0.39 is 46.4 Å². The molecule has 2 rings (SSSR count). The third-order valence-corrected chi connectivity index (χ3v) is 3.18. The zero-order valence-corrected chi connectivity index (χ0v) is 11.6. The van der Waals surface area contributed by atoms with Gasteiger partial charge in [0.1, 0.15) is 23.2 Å². The van der Waals surface area contributed by atoms with Crippen molar-refractivity contribution in [3.63, 3.8) is 0 Å². The Bertz CT molecular complexity index is 668. The zero-order chi connectivity index (χ0) is 16.7. The van der Waals surface area contributed by atoms with Crippen molar-refractivity contribution >= 4 is 12.7 Å². The molecule has 0 aromatic heterocycles. The van der Waals surface area contributed by atoms with E-state index in [-0.39, 0.29) is 11.5 Å². The fourth-order valence-electron chi connectivity index (χ4n) is 2.09. The Labute approximate surface area is 123 Å². The summed E-state index contributed by atoms with van der Waals surface area (Å²) in [5, 5.41) is 0. The standard InChI is InChI=1S/C14H10BF6O/c1-14(21)5-9(18)10(11(19)13(14)20)15-7-3-6(16)4-8(17)12(7)22-2/h3-5,13H,1-2H3. The van der Waals surface area contributed by atoms with Gasteiger partial charge in [-0.1, -0.05) is 0 Å². The quantitative estimate of drug-likeness (QED) is 0.613. The van der Waals surface area contributed by atoms with Crippen LogP contribution >= 0.6 is 0 Å². The topological polar surface area (TPSA) is 9.23 Å². The summed E-state index contributed by atoms with van der Waals surface area (Å²) in [5.41, 5.74) is -4.11. The Morgan fingerprint density at radius 2 is 1.82 bits per heavy atom. The van der Waals surface area contributed by atoms with E-state index in [0.29, 0.717) is 20.3 Å². The van der Waals surface area contributed by atoms with Gasteiger partial charge in [0.2, 0.25) is 7.28 Å². The maximum Gasteiger partial charge on any atom is 0.204 e. The Morgan fingerprint density at radius 1 is 1.18 bits per heavy atom. The Morgan fingerprint density at radius 3 is 2.41 bits per heavy atom. The number of alkyl halides is 2. The maximum absolute atomic E-state index is 13.8. The Kier molecular flexibility index (Phi) is 4.31. The monoisotopic (exact) mass is 319 g/mol. The van der Waals surface area contributed by atoms with Crippen LogP contribution in [0.25, 0.3) is 0 Å². The first-order valence-electron chi connectivity index (χ1n) is 6.16. The number of halogens is 6. The third kappa shape index (κ3) is 2.87. The van der Waals surface area contributed by atoms with E-state index in [0.717, 1.165) is 13.2 Å². The minimum absolute atomic E-state index is 0.273. The lowest BCUT2D eigenvalue weighted by Crippen LogP contribution is -2.36. The van der Waals surface area contributed by atoms with Crippen molar-refractivity contribution in [2.75, 3.05) is 7.11 Å². The molecular formula is C14H10BF6O. The van der Waals surface area contributed by atoms with Crippen LogP contribution in [0.5, 0.6) is 5.75 Å². The van der Waals surface area contributed by atoms with Gasteiger partial charge in [0, 0.05) is 6.07 Å². The van der Waals surface area contributed by atoms with Crippen LogP contribution in [0.3, 0.4) is 0 Å². The summed E-state index contributed by atoms with van der Waals surface area (Å²) in [4.78, 5) is 0. The van der Waals surface area contributed by atoms with Gasteiger partial charge in [0.05, 0.1) is 7.11 Å². The van der Waals surface area contributed by atoms with E-state index in [1.807, 2.05) is 0 Å². The normalized spacial score (nSPS) is 25.1. The molecule has 8 heteroatoms. The summed E-state index contributed by atoms with van der Waals surface area (Å²) in [5.74, 6) is -5.65. The predicted octanol–water partition coefficient (Wildman–Crippen LogP) is 3.42. The second-order valence-electron chi connectivity index (χ2n) is 4.92. The second-order valence-corrected chi connectivity index (χ2v) is 4.92. The Hall–Kier alpha value is -1.86. The van der Waals surface area contributed by atoms with Gasteiger partial charge < -0.3 is 4.74 Å². The average Bonchev–Trinajstić information content (AvgIpc) is 2.40. The van der Waals surface area contributed by atoms with Gasteiger partial charge in [-0.2, -0.15) is 0 Å². The lowest BCUT2D eigenvalue weighted by molar-refractivity contribution is 0.114. The van der Waals surface area contributed by atoms with Gasteiger partial charge in [-0.15, -0.1) is 0 Å². The molecule has 0 amide bonds. The lowest BCUT2D eigenvalue weighted by atomic mass is 9.60. The van der Waals surface area contributed by atoms with Crippen molar-refractivity contribution in [2.24, 2.45) is 0 Å². The maximum atomic E-state index is 13.8. The summed E-state index contributed by atoms with van der Waals surface area (Å²) in [6.45, 7) is 0.677. The summed E-state index contributed by atoms with van der Waals surface area (Å²) in [6.07, 6.45) is -2.45. The molecule has 1 aromatic rings. The van der Waals surface area contributed by atoms with E-state index in [2.05, 4.69) is 4.74 Å². The summed E-state index contributed by atoms with van der Waals surface area (Å²) in [7, 11) is 1.73. The highest BCUT2D eigenvalue weighted by Crippen LogP contribution is 2.37. The van der Waals surface area contributed by atoms with E-state index in [4.69, 9.17) is 0 Å². The first-order chi connectivity index (χ1) is 10.2. The van der Waals surface area contributed by atoms with Crippen molar-refractivity contribution in [2.45, 2.75) is 18.8 Å². The number of rotatable bonds is 3.